The molecule has 3 amide bonds. The largest absolute Gasteiger partial charge is 0.481 e. The first-order valence-electron chi connectivity index (χ1n) is 7.56. The topological polar surface area (TPSA) is 98.7 Å². The van der Waals surface area contributed by atoms with Crippen LogP contribution in [0.4, 0.5) is 9.18 Å². The van der Waals surface area contributed by atoms with Crippen molar-refractivity contribution in [1.29, 1.82) is 0 Å². The standard InChI is InChI=1S/C16H22FN3O4/c1-11(15(22)23)10-20(2)16(24)19-9-3-8-18-14(21)12-4-6-13(17)7-5-12/h4-7,11H,3,8-10H2,1-2H3,(H,18,21)(H,19,24)(H,22,23). The number of urea groups is 1. The van der Waals surface area contributed by atoms with Gasteiger partial charge < -0.3 is 20.6 Å². The summed E-state index contributed by atoms with van der Waals surface area (Å²) in [5, 5.41) is 14.1. The molecule has 0 saturated heterocycles. The number of hydrogen-bond acceptors (Lipinski definition) is 3. The normalized spacial score (nSPS) is 11.5. The molecule has 1 rings (SSSR count). The third-order valence-electron chi connectivity index (χ3n) is 3.34. The number of hydrogen-bond donors (Lipinski definition) is 3. The molecule has 8 heteroatoms. The lowest BCUT2D eigenvalue weighted by molar-refractivity contribution is -0.141. The van der Waals surface area contributed by atoms with Gasteiger partial charge in [0, 0.05) is 32.2 Å². The quantitative estimate of drug-likeness (QED) is 0.622. The number of rotatable bonds is 8. The Morgan fingerprint density at radius 2 is 1.75 bits per heavy atom. The highest BCUT2D eigenvalue weighted by atomic mass is 19.1. The van der Waals surface area contributed by atoms with Crippen LogP contribution in [0.25, 0.3) is 0 Å². The van der Waals surface area contributed by atoms with E-state index in [1.165, 1.54) is 43.1 Å². The molecule has 1 atom stereocenters. The first-order chi connectivity index (χ1) is 11.3. The summed E-state index contributed by atoms with van der Waals surface area (Å²) >= 11 is 0. The number of nitrogens with zero attached hydrogens (tertiary/aromatic N) is 1. The van der Waals surface area contributed by atoms with Crippen molar-refractivity contribution in [3.05, 3.63) is 35.6 Å². The van der Waals surface area contributed by atoms with Crippen LogP contribution in [-0.2, 0) is 4.79 Å². The van der Waals surface area contributed by atoms with E-state index in [2.05, 4.69) is 10.6 Å². The van der Waals surface area contributed by atoms with Gasteiger partial charge in [-0.15, -0.1) is 0 Å². The summed E-state index contributed by atoms with van der Waals surface area (Å²) in [4.78, 5) is 35.6. The Balaban J connectivity index is 2.21. The third kappa shape index (κ3) is 6.64. The summed E-state index contributed by atoms with van der Waals surface area (Å²) in [5.74, 6) is -2.32. The molecule has 0 aliphatic carbocycles. The highest BCUT2D eigenvalue weighted by molar-refractivity contribution is 5.94. The maximum absolute atomic E-state index is 12.8. The van der Waals surface area contributed by atoms with Crippen LogP contribution >= 0.6 is 0 Å². The lowest BCUT2D eigenvalue weighted by Crippen LogP contribution is -2.41. The highest BCUT2D eigenvalue weighted by Crippen LogP contribution is 2.02. The first kappa shape index (κ1) is 19.4. The van der Waals surface area contributed by atoms with Crippen LogP contribution in [0.5, 0.6) is 0 Å². The van der Waals surface area contributed by atoms with Crippen molar-refractivity contribution < 1.29 is 23.9 Å². The van der Waals surface area contributed by atoms with Crippen molar-refractivity contribution in [3.63, 3.8) is 0 Å². The van der Waals surface area contributed by atoms with E-state index < -0.39 is 17.7 Å². The average molecular weight is 339 g/mol. The number of aliphatic carboxylic acids is 1. The van der Waals surface area contributed by atoms with Crippen LogP contribution in [0, 0.1) is 11.7 Å². The Morgan fingerprint density at radius 3 is 2.33 bits per heavy atom. The molecule has 0 fully saturated rings. The molecule has 0 aliphatic heterocycles. The Morgan fingerprint density at radius 1 is 1.17 bits per heavy atom. The van der Waals surface area contributed by atoms with E-state index in [4.69, 9.17) is 5.11 Å². The van der Waals surface area contributed by atoms with Crippen LogP contribution < -0.4 is 10.6 Å². The Bertz CT molecular complexity index is 577. The second kappa shape index (κ2) is 9.49. The maximum atomic E-state index is 12.8. The van der Waals surface area contributed by atoms with Crippen molar-refractivity contribution >= 4 is 17.9 Å². The van der Waals surface area contributed by atoms with Crippen LogP contribution in [0.1, 0.15) is 23.7 Å². The van der Waals surface area contributed by atoms with Crippen LogP contribution in [0.2, 0.25) is 0 Å². The van der Waals surface area contributed by atoms with Crippen molar-refractivity contribution in [2.45, 2.75) is 13.3 Å². The molecule has 132 valence electrons. The van der Waals surface area contributed by atoms with Gasteiger partial charge in [0.1, 0.15) is 5.82 Å². The van der Waals surface area contributed by atoms with E-state index in [0.717, 1.165) is 0 Å². The van der Waals surface area contributed by atoms with Gasteiger partial charge in [-0.25, -0.2) is 9.18 Å². The lowest BCUT2D eigenvalue weighted by Gasteiger charge is -2.20. The molecule has 7 nitrogen and oxygen atoms in total. The van der Waals surface area contributed by atoms with Gasteiger partial charge in [0.05, 0.1) is 5.92 Å². The minimum absolute atomic E-state index is 0.114. The number of benzene rings is 1. The van der Waals surface area contributed by atoms with Gasteiger partial charge in [0.15, 0.2) is 0 Å². The summed E-state index contributed by atoms with van der Waals surface area (Å²) < 4.78 is 12.8. The van der Waals surface area contributed by atoms with Gasteiger partial charge in [0.2, 0.25) is 0 Å². The smallest absolute Gasteiger partial charge is 0.317 e. The predicted octanol–water partition coefficient (Wildman–Crippen LogP) is 1.31. The van der Waals surface area contributed by atoms with E-state index >= 15 is 0 Å². The molecule has 1 unspecified atom stereocenters. The first-order valence-corrected chi connectivity index (χ1v) is 7.56. The fraction of sp³-hybridized carbons (Fsp3) is 0.438. The van der Waals surface area contributed by atoms with Crippen molar-refractivity contribution in [2.24, 2.45) is 5.92 Å². The third-order valence-corrected chi connectivity index (χ3v) is 3.34. The average Bonchev–Trinajstić information content (AvgIpc) is 2.54. The number of halogens is 1. The molecule has 0 aromatic heterocycles. The van der Waals surface area contributed by atoms with Crippen LogP contribution in [0.15, 0.2) is 24.3 Å². The number of carbonyl (C=O) groups is 3. The van der Waals surface area contributed by atoms with Gasteiger partial charge in [-0.3, -0.25) is 9.59 Å². The van der Waals surface area contributed by atoms with E-state index in [0.29, 0.717) is 25.1 Å². The fourth-order valence-electron chi connectivity index (χ4n) is 1.90. The summed E-state index contributed by atoms with van der Waals surface area (Å²) in [7, 11) is 1.52. The molecule has 1 aromatic carbocycles. The SMILES string of the molecule is CC(CN(C)C(=O)NCCCNC(=O)c1ccc(F)cc1)C(=O)O. The zero-order chi connectivity index (χ0) is 18.1. The molecule has 0 radical (unpaired) electrons. The molecule has 0 spiro atoms. The highest BCUT2D eigenvalue weighted by Gasteiger charge is 2.16. The number of nitrogens with one attached hydrogen (secondary N) is 2. The second-order valence-corrected chi connectivity index (χ2v) is 5.47. The predicted molar refractivity (Wildman–Crippen MR) is 86.2 cm³/mol. The molecule has 1 aromatic rings. The Hall–Kier alpha value is -2.64. The minimum Gasteiger partial charge on any atom is -0.481 e. The number of carbonyl (C=O) groups excluding carboxylic acids is 2. The van der Waals surface area contributed by atoms with Gasteiger partial charge in [0.25, 0.3) is 5.91 Å². The van der Waals surface area contributed by atoms with Crippen molar-refractivity contribution in [3.8, 4) is 0 Å². The Labute approximate surface area is 139 Å². The minimum atomic E-state index is -0.960. The van der Waals surface area contributed by atoms with Gasteiger partial charge in [-0.05, 0) is 30.7 Å². The van der Waals surface area contributed by atoms with Crippen LogP contribution in [0.3, 0.4) is 0 Å². The number of carboxylic acids is 1. The van der Waals surface area contributed by atoms with E-state index in [9.17, 15) is 18.8 Å². The Kier molecular flexibility index (Phi) is 7.67. The summed E-state index contributed by atoms with van der Waals surface area (Å²) in [6.07, 6.45) is 0.515. The van der Waals surface area contributed by atoms with Gasteiger partial charge in [-0.2, -0.15) is 0 Å². The van der Waals surface area contributed by atoms with Crippen molar-refractivity contribution in [1.82, 2.24) is 15.5 Å². The molecule has 0 saturated carbocycles. The van der Waals surface area contributed by atoms with E-state index in [1.807, 2.05) is 0 Å². The second-order valence-electron chi connectivity index (χ2n) is 5.47. The van der Waals surface area contributed by atoms with Crippen LogP contribution in [-0.4, -0.2) is 54.6 Å². The van der Waals surface area contributed by atoms with Gasteiger partial charge >= 0.3 is 12.0 Å². The van der Waals surface area contributed by atoms with Crippen molar-refractivity contribution in [2.75, 3.05) is 26.7 Å². The van der Waals surface area contributed by atoms with E-state index in [1.54, 1.807) is 0 Å². The number of carboxylic acid groups (broad SMARTS) is 1. The number of amides is 3. The summed E-state index contributed by atoms with van der Waals surface area (Å²) in [6.45, 7) is 2.33. The zero-order valence-electron chi connectivity index (χ0n) is 13.7. The fourth-order valence-corrected chi connectivity index (χ4v) is 1.90. The maximum Gasteiger partial charge on any atom is 0.317 e. The molecule has 0 heterocycles. The molecular formula is C16H22FN3O4. The summed E-state index contributed by atoms with van der Waals surface area (Å²) in [5.41, 5.74) is 0.364. The zero-order valence-corrected chi connectivity index (χ0v) is 13.7. The molecule has 0 bridgehead atoms. The summed E-state index contributed by atoms with van der Waals surface area (Å²) in [6, 6.07) is 4.84. The molecule has 3 N–H and O–H groups in total. The molecule has 24 heavy (non-hydrogen) atoms. The van der Waals surface area contributed by atoms with Gasteiger partial charge in [-0.1, -0.05) is 6.92 Å². The van der Waals surface area contributed by atoms with E-state index in [-0.39, 0.29) is 18.5 Å². The molecular weight excluding hydrogens is 317 g/mol. The monoisotopic (exact) mass is 339 g/mol. The molecule has 0 aliphatic rings. The lowest BCUT2D eigenvalue weighted by atomic mass is 10.2.